The van der Waals surface area contributed by atoms with E-state index in [1.54, 1.807) is 0 Å². The smallest absolute Gasteiger partial charge is 0.352 e. The van der Waals surface area contributed by atoms with E-state index in [1.807, 2.05) is 0 Å². The maximum atomic E-state index is 10.7. The molecule has 0 aromatic rings. The van der Waals surface area contributed by atoms with Gasteiger partial charge in [0.2, 0.25) is 2.14 Å². The number of esters is 2. The molecule has 0 amide bonds. The van der Waals surface area contributed by atoms with Gasteiger partial charge in [0.1, 0.15) is 0 Å². The largest absolute Gasteiger partial charge is 0.391 e. The van der Waals surface area contributed by atoms with Gasteiger partial charge in [-0.25, -0.2) is 4.79 Å². The van der Waals surface area contributed by atoms with Crippen LogP contribution in [0.4, 0.5) is 0 Å². The molecule has 58 valence electrons. The molecule has 0 aliphatic rings. The van der Waals surface area contributed by atoms with Gasteiger partial charge in [-0.3, -0.25) is 4.79 Å². The highest BCUT2D eigenvalue weighted by Gasteiger charge is 2.31. The standard InChI is InChI=1S/C4H3Br3O3/c1-2(8)10-3(9)4(5,6)7/h1H3. The predicted octanol–water partition coefficient (Wildman–Crippen LogP) is 1.91. The van der Waals surface area contributed by atoms with Gasteiger partial charge in [0, 0.05) is 6.92 Å². The minimum absolute atomic E-state index is 0.646. The Balaban J connectivity index is 3.99. The van der Waals surface area contributed by atoms with E-state index in [9.17, 15) is 9.59 Å². The van der Waals surface area contributed by atoms with Crippen LogP contribution in [-0.2, 0) is 14.3 Å². The van der Waals surface area contributed by atoms with Crippen molar-refractivity contribution in [3.63, 3.8) is 0 Å². The van der Waals surface area contributed by atoms with Gasteiger partial charge in [0.15, 0.2) is 0 Å². The Labute approximate surface area is 82.9 Å². The number of ether oxygens (including phenoxy) is 1. The minimum atomic E-state index is -1.15. The van der Waals surface area contributed by atoms with E-state index in [0.29, 0.717) is 0 Å². The first kappa shape index (κ1) is 10.6. The molecule has 0 saturated carbocycles. The lowest BCUT2D eigenvalue weighted by Gasteiger charge is -2.07. The number of hydrogen-bond donors (Lipinski definition) is 0. The van der Waals surface area contributed by atoms with Gasteiger partial charge in [-0.1, -0.05) is 0 Å². The van der Waals surface area contributed by atoms with E-state index < -0.39 is 14.1 Å². The molecule has 0 saturated heterocycles. The lowest BCUT2D eigenvalue weighted by atomic mass is 10.7. The fourth-order valence-corrected chi connectivity index (χ4v) is 0.431. The molecule has 0 fully saturated rings. The lowest BCUT2D eigenvalue weighted by molar-refractivity contribution is -0.156. The molecule has 0 unspecified atom stereocenters. The van der Waals surface area contributed by atoms with Crippen molar-refractivity contribution in [3.05, 3.63) is 0 Å². The van der Waals surface area contributed by atoms with Crippen LogP contribution in [0, 0.1) is 0 Å². The molecule has 0 radical (unpaired) electrons. The molecule has 6 heteroatoms. The molecule has 0 heterocycles. The normalized spacial score (nSPS) is 10.8. The fraction of sp³-hybridized carbons (Fsp3) is 0.500. The number of hydrogen-bond acceptors (Lipinski definition) is 3. The van der Waals surface area contributed by atoms with E-state index in [-0.39, 0.29) is 0 Å². The van der Waals surface area contributed by atoms with Crippen molar-refractivity contribution in [2.75, 3.05) is 0 Å². The van der Waals surface area contributed by atoms with Crippen LogP contribution in [0.5, 0.6) is 0 Å². The molecular formula is C4H3Br3O3. The van der Waals surface area contributed by atoms with Crippen LogP contribution in [0.1, 0.15) is 6.92 Å². The number of rotatable bonds is 0. The average Bonchev–Trinajstić information content (AvgIpc) is 1.60. The summed E-state index contributed by atoms with van der Waals surface area (Å²) in [6.45, 7) is 1.15. The van der Waals surface area contributed by atoms with Gasteiger partial charge >= 0.3 is 11.9 Å². The summed E-state index contributed by atoms with van der Waals surface area (Å²) in [4.78, 5) is 20.9. The Morgan fingerprint density at radius 3 is 1.80 bits per heavy atom. The van der Waals surface area contributed by atoms with Crippen molar-refractivity contribution in [1.82, 2.24) is 0 Å². The van der Waals surface area contributed by atoms with Gasteiger partial charge in [0.25, 0.3) is 0 Å². The molecule has 0 aromatic heterocycles. The monoisotopic (exact) mass is 336 g/mol. The van der Waals surface area contributed by atoms with Crippen molar-refractivity contribution < 1.29 is 14.3 Å². The summed E-state index contributed by atoms with van der Waals surface area (Å²) < 4.78 is 3.04. The number of carbonyl (C=O) groups is 2. The quantitative estimate of drug-likeness (QED) is 0.385. The van der Waals surface area contributed by atoms with Crippen molar-refractivity contribution in [2.24, 2.45) is 0 Å². The summed E-state index contributed by atoms with van der Waals surface area (Å²) in [6.07, 6.45) is 0. The Hall–Kier alpha value is 0.580. The van der Waals surface area contributed by atoms with Crippen LogP contribution in [0.15, 0.2) is 0 Å². The van der Waals surface area contributed by atoms with E-state index in [0.717, 1.165) is 6.92 Å². The van der Waals surface area contributed by atoms with Crippen LogP contribution in [-0.4, -0.2) is 14.1 Å². The molecular weight excluding hydrogens is 336 g/mol. The highest BCUT2D eigenvalue weighted by atomic mass is 80.0. The molecule has 10 heavy (non-hydrogen) atoms. The second kappa shape index (κ2) is 3.82. The first-order valence-corrected chi connectivity index (χ1v) is 4.51. The number of alkyl halides is 3. The summed E-state index contributed by atoms with van der Waals surface area (Å²) in [5.41, 5.74) is 0. The van der Waals surface area contributed by atoms with Gasteiger partial charge in [0.05, 0.1) is 0 Å². The molecule has 0 aliphatic heterocycles. The number of halogens is 3. The molecule has 0 aromatic carbocycles. The summed E-state index contributed by atoms with van der Waals surface area (Å²) in [7, 11) is 0. The van der Waals surface area contributed by atoms with Crippen molar-refractivity contribution >= 4 is 59.7 Å². The van der Waals surface area contributed by atoms with E-state index in [1.165, 1.54) is 0 Å². The van der Waals surface area contributed by atoms with E-state index >= 15 is 0 Å². The summed E-state index contributed by atoms with van der Waals surface area (Å²) >= 11 is 8.64. The topological polar surface area (TPSA) is 43.4 Å². The molecule has 3 nitrogen and oxygen atoms in total. The van der Waals surface area contributed by atoms with Crippen LogP contribution in [0.25, 0.3) is 0 Å². The Bertz CT molecular complexity index is 160. The van der Waals surface area contributed by atoms with Gasteiger partial charge in [-0.05, 0) is 47.8 Å². The summed E-state index contributed by atoms with van der Waals surface area (Å²) in [5.74, 6) is -1.38. The molecule has 0 atom stereocenters. The lowest BCUT2D eigenvalue weighted by Crippen LogP contribution is -2.22. The Morgan fingerprint density at radius 1 is 1.30 bits per heavy atom. The van der Waals surface area contributed by atoms with Gasteiger partial charge < -0.3 is 4.74 Å². The summed E-state index contributed by atoms with van der Waals surface area (Å²) in [5, 5.41) is 0. The van der Waals surface area contributed by atoms with Crippen LogP contribution < -0.4 is 0 Å². The van der Waals surface area contributed by atoms with E-state index in [4.69, 9.17) is 0 Å². The van der Waals surface area contributed by atoms with Gasteiger partial charge in [-0.15, -0.1) is 0 Å². The molecule has 0 bridgehead atoms. The molecule has 0 N–H and O–H groups in total. The molecule has 0 rings (SSSR count). The third-order valence-corrected chi connectivity index (χ3v) is 1.44. The maximum absolute atomic E-state index is 10.7. The zero-order valence-electron chi connectivity index (χ0n) is 4.86. The van der Waals surface area contributed by atoms with Crippen LogP contribution in [0.2, 0.25) is 0 Å². The second-order valence-corrected chi connectivity index (χ2v) is 8.14. The molecule has 0 aliphatic carbocycles. The third kappa shape index (κ3) is 4.40. The van der Waals surface area contributed by atoms with Crippen LogP contribution >= 0.6 is 47.8 Å². The van der Waals surface area contributed by atoms with Crippen molar-refractivity contribution in [2.45, 2.75) is 9.07 Å². The van der Waals surface area contributed by atoms with E-state index in [2.05, 4.69) is 52.5 Å². The predicted molar refractivity (Wildman–Crippen MR) is 46.3 cm³/mol. The zero-order valence-corrected chi connectivity index (χ0v) is 9.62. The summed E-state index contributed by atoms with van der Waals surface area (Å²) in [6, 6.07) is 0. The van der Waals surface area contributed by atoms with Crippen molar-refractivity contribution in [1.29, 1.82) is 0 Å². The Morgan fingerprint density at radius 2 is 1.70 bits per heavy atom. The van der Waals surface area contributed by atoms with Gasteiger partial charge in [-0.2, -0.15) is 0 Å². The first-order valence-electron chi connectivity index (χ1n) is 2.13. The fourth-order valence-electron chi connectivity index (χ4n) is 0.188. The zero-order chi connectivity index (χ0) is 8.36. The molecule has 0 spiro atoms. The number of carbonyl (C=O) groups excluding carboxylic acids is 2. The average molecular weight is 339 g/mol. The maximum Gasteiger partial charge on any atom is 0.352 e. The second-order valence-electron chi connectivity index (χ2n) is 1.38. The van der Waals surface area contributed by atoms with Crippen LogP contribution in [0.3, 0.4) is 0 Å². The Kier molecular flexibility index (Phi) is 4.05. The van der Waals surface area contributed by atoms with Crippen molar-refractivity contribution in [3.8, 4) is 0 Å². The highest BCUT2D eigenvalue weighted by molar-refractivity contribution is 9.40. The minimum Gasteiger partial charge on any atom is -0.391 e. The SMILES string of the molecule is CC(=O)OC(=O)C(Br)(Br)Br. The third-order valence-electron chi connectivity index (χ3n) is 0.468. The highest BCUT2D eigenvalue weighted by Crippen LogP contribution is 2.34. The first-order chi connectivity index (χ1) is 4.34.